The van der Waals surface area contributed by atoms with Crippen LogP contribution in [0.4, 0.5) is 0 Å². The molecule has 0 saturated carbocycles. The Bertz CT molecular complexity index is 704. The summed E-state index contributed by atoms with van der Waals surface area (Å²) in [6, 6.07) is 13.2. The molecule has 0 aliphatic rings. The maximum atomic E-state index is 10.9. The van der Waals surface area contributed by atoms with Gasteiger partial charge in [-0.25, -0.2) is 0 Å². The van der Waals surface area contributed by atoms with Gasteiger partial charge in [-0.05, 0) is 24.3 Å². The van der Waals surface area contributed by atoms with Gasteiger partial charge >= 0.3 is 0 Å². The number of para-hydroxylation sites is 1. The zero-order chi connectivity index (χ0) is 13.1. The summed E-state index contributed by atoms with van der Waals surface area (Å²) in [5.41, 5.74) is 3.03. The number of aromatic nitrogens is 2. The van der Waals surface area contributed by atoms with Gasteiger partial charge in [-0.15, -0.1) is 0 Å². The van der Waals surface area contributed by atoms with E-state index < -0.39 is 0 Å². The van der Waals surface area contributed by atoms with Crippen molar-refractivity contribution in [3.05, 3.63) is 59.9 Å². The fourth-order valence-corrected chi connectivity index (χ4v) is 1.95. The number of aromatic amines is 1. The number of carbonyl (C=O) groups is 1. The molecule has 94 valence electrons. The molecular weight excluding hydrogens is 240 g/mol. The molecule has 0 aliphatic carbocycles. The van der Waals surface area contributed by atoms with E-state index in [0.717, 1.165) is 28.8 Å². The number of nitrogens with one attached hydrogen (secondary N) is 1. The molecule has 0 bridgehead atoms. The van der Waals surface area contributed by atoms with Crippen molar-refractivity contribution in [1.29, 1.82) is 0 Å². The summed E-state index contributed by atoms with van der Waals surface area (Å²) >= 11 is 0. The predicted octanol–water partition coefficient (Wildman–Crippen LogP) is 2.95. The minimum Gasteiger partial charge on any atom is -0.487 e. The summed E-state index contributed by atoms with van der Waals surface area (Å²) in [5, 5.41) is 0. The number of nitrogens with zero attached hydrogens (tertiary/aromatic N) is 1. The third kappa shape index (κ3) is 2.33. The topological polar surface area (TPSA) is 55.0 Å². The molecule has 0 saturated heterocycles. The Labute approximate surface area is 110 Å². The Hall–Kier alpha value is -2.62. The maximum Gasteiger partial charge on any atom is 0.152 e. The van der Waals surface area contributed by atoms with Gasteiger partial charge in [-0.3, -0.25) is 9.78 Å². The van der Waals surface area contributed by atoms with Gasteiger partial charge in [0, 0.05) is 11.8 Å². The molecule has 0 fully saturated rings. The molecule has 0 radical (unpaired) electrons. The molecule has 0 spiro atoms. The molecule has 1 N–H and O–H groups in total. The summed E-state index contributed by atoms with van der Waals surface area (Å²) in [6.07, 6.45) is 2.45. The molecule has 1 aromatic carbocycles. The minimum absolute atomic E-state index is 0.415. The van der Waals surface area contributed by atoms with Crippen molar-refractivity contribution < 1.29 is 9.53 Å². The van der Waals surface area contributed by atoms with Crippen molar-refractivity contribution in [3.63, 3.8) is 0 Å². The van der Waals surface area contributed by atoms with Crippen molar-refractivity contribution in [1.82, 2.24) is 9.97 Å². The summed E-state index contributed by atoms with van der Waals surface area (Å²) in [7, 11) is 0. The van der Waals surface area contributed by atoms with Gasteiger partial charge in [0.2, 0.25) is 0 Å². The van der Waals surface area contributed by atoms with Crippen LogP contribution in [0.25, 0.3) is 11.0 Å². The van der Waals surface area contributed by atoms with E-state index in [-0.39, 0.29) is 0 Å². The minimum atomic E-state index is 0.415. The van der Waals surface area contributed by atoms with Crippen LogP contribution < -0.4 is 4.74 Å². The smallest absolute Gasteiger partial charge is 0.152 e. The summed E-state index contributed by atoms with van der Waals surface area (Å²) < 4.78 is 5.65. The lowest BCUT2D eigenvalue weighted by Crippen LogP contribution is -1.95. The van der Waals surface area contributed by atoms with Crippen LogP contribution in [0.15, 0.2) is 48.7 Å². The number of aldehydes is 1. The first kappa shape index (κ1) is 11.5. The second-order valence-corrected chi connectivity index (χ2v) is 4.17. The number of hydrogen-bond acceptors (Lipinski definition) is 3. The quantitative estimate of drug-likeness (QED) is 0.726. The SMILES string of the molecule is O=Cc1ccnc2cc(COc3ccccc3)[nH]c12. The standard InChI is InChI=1S/C15H12N2O2/c18-9-11-6-7-16-14-8-12(17-15(11)14)10-19-13-4-2-1-3-5-13/h1-9,17H,10H2. The highest BCUT2D eigenvalue weighted by Crippen LogP contribution is 2.17. The lowest BCUT2D eigenvalue weighted by Gasteiger charge is -2.03. The number of benzene rings is 1. The highest BCUT2D eigenvalue weighted by Gasteiger charge is 2.06. The predicted molar refractivity (Wildman–Crippen MR) is 72.3 cm³/mol. The molecule has 4 heteroatoms. The summed E-state index contributed by atoms with van der Waals surface area (Å²) in [5.74, 6) is 0.810. The van der Waals surface area contributed by atoms with Crippen LogP contribution in [0.2, 0.25) is 0 Å². The Morgan fingerprint density at radius 2 is 2.05 bits per heavy atom. The van der Waals surface area contributed by atoms with E-state index in [1.165, 1.54) is 0 Å². The van der Waals surface area contributed by atoms with Crippen molar-refractivity contribution >= 4 is 17.3 Å². The third-order valence-corrected chi connectivity index (χ3v) is 2.87. The molecule has 2 heterocycles. The number of ether oxygens (including phenoxy) is 1. The normalized spacial score (nSPS) is 10.5. The molecule has 4 nitrogen and oxygen atoms in total. The Balaban J connectivity index is 1.84. The highest BCUT2D eigenvalue weighted by molar-refractivity contribution is 5.94. The largest absolute Gasteiger partial charge is 0.487 e. The fraction of sp³-hybridized carbons (Fsp3) is 0.0667. The van der Waals surface area contributed by atoms with Crippen molar-refractivity contribution in [3.8, 4) is 5.75 Å². The zero-order valence-corrected chi connectivity index (χ0v) is 10.2. The van der Waals surface area contributed by atoms with Crippen molar-refractivity contribution in [2.24, 2.45) is 0 Å². The number of hydrogen-bond donors (Lipinski definition) is 1. The number of H-pyrrole nitrogens is 1. The van der Waals surface area contributed by atoms with Gasteiger partial charge in [0.05, 0.1) is 16.7 Å². The Morgan fingerprint density at radius 1 is 1.21 bits per heavy atom. The summed E-state index contributed by atoms with van der Waals surface area (Å²) in [4.78, 5) is 18.3. The first-order chi connectivity index (χ1) is 9.36. The van der Waals surface area contributed by atoms with E-state index in [9.17, 15) is 4.79 Å². The third-order valence-electron chi connectivity index (χ3n) is 2.87. The average Bonchev–Trinajstić information content (AvgIpc) is 2.89. The fourth-order valence-electron chi connectivity index (χ4n) is 1.95. The zero-order valence-electron chi connectivity index (χ0n) is 10.2. The average molecular weight is 252 g/mol. The van der Waals surface area contributed by atoms with Gasteiger partial charge in [0.1, 0.15) is 12.4 Å². The van der Waals surface area contributed by atoms with E-state index in [1.54, 1.807) is 12.3 Å². The Kier molecular flexibility index (Phi) is 2.98. The van der Waals surface area contributed by atoms with Gasteiger partial charge in [0.15, 0.2) is 6.29 Å². The van der Waals surface area contributed by atoms with E-state index in [2.05, 4.69) is 9.97 Å². The lowest BCUT2D eigenvalue weighted by atomic mass is 10.2. The second-order valence-electron chi connectivity index (χ2n) is 4.17. The van der Waals surface area contributed by atoms with Crippen LogP contribution in [0.3, 0.4) is 0 Å². The van der Waals surface area contributed by atoms with Gasteiger partial charge < -0.3 is 9.72 Å². The van der Waals surface area contributed by atoms with E-state index >= 15 is 0 Å². The van der Waals surface area contributed by atoms with Crippen LogP contribution in [-0.4, -0.2) is 16.3 Å². The van der Waals surface area contributed by atoms with Gasteiger partial charge in [0.25, 0.3) is 0 Å². The molecular formula is C15H12N2O2. The second kappa shape index (κ2) is 4.94. The van der Waals surface area contributed by atoms with Gasteiger partial charge in [-0.1, -0.05) is 18.2 Å². The van der Waals surface area contributed by atoms with Crippen LogP contribution in [0.1, 0.15) is 16.1 Å². The number of carbonyl (C=O) groups excluding carboxylic acids is 1. The van der Waals surface area contributed by atoms with Crippen molar-refractivity contribution in [2.75, 3.05) is 0 Å². The molecule has 2 aromatic heterocycles. The maximum absolute atomic E-state index is 10.9. The first-order valence-corrected chi connectivity index (χ1v) is 5.96. The molecule has 0 atom stereocenters. The Morgan fingerprint density at radius 3 is 2.84 bits per heavy atom. The number of pyridine rings is 1. The number of fused-ring (bicyclic) bond motifs is 1. The van der Waals surface area contributed by atoms with E-state index in [1.807, 2.05) is 36.4 Å². The summed E-state index contributed by atoms with van der Waals surface area (Å²) in [6.45, 7) is 0.415. The monoisotopic (exact) mass is 252 g/mol. The van der Waals surface area contributed by atoms with Crippen LogP contribution in [0.5, 0.6) is 5.75 Å². The van der Waals surface area contributed by atoms with Gasteiger partial charge in [-0.2, -0.15) is 0 Å². The molecule has 3 aromatic rings. The van der Waals surface area contributed by atoms with E-state index in [0.29, 0.717) is 12.2 Å². The molecule has 0 amide bonds. The van der Waals surface area contributed by atoms with Crippen molar-refractivity contribution in [2.45, 2.75) is 6.61 Å². The molecule has 19 heavy (non-hydrogen) atoms. The first-order valence-electron chi connectivity index (χ1n) is 5.96. The van der Waals surface area contributed by atoms with Crippen LogP contribution in [0, 0.1) is 0 Å². The molecule has 0 aliphatic heterocycles. The number of rotatable bonds is 4. The van der Waals surface area contributed by atoms with Crippen LogP contribution in [-0.2, 0) is 6.61 Å². The van der Waals surface area contributed by atoms with E-state index in [4.69, 9.17) is 4.74 Å². The highest BCUT2D eigenvalue weighted by atomic mass is 16.5. The lowest BCUT2D eigenvalue weighted by molar-refractivity contribution is 0.112. The molecule has 0 unspecified atom stereocenters. The van der Waals surface area contributed by atoms with Crippen LogP contribution >= 0.6 is 0 Å². The molecule has 3 rings (SSSR count).